The lowest BCUT2D eigenvalue weighted by Gasteiger charge is -2.31. The summed E-state index contributed by atoms with van der Waals surface area (Å²) in [4.78, 5) is 8.50. The SMILES string of the molecule is CNC1CCN(Cc2ncc(C(C)(C)C)s2)CC1.Cl. The van der Waals surface area contributed by atoms with Crippen LogP contribution in [0.4, 0.5) is 0 Å². The van der Waals surface area contributed by atoms with Crippen molar-refractivity contribution in [3.8, 4) is 0 Å². The van der Waals surface area contributed by atoms with Crippen molar-refractivity contribution in [3.05, 3.63) is 16.1 Å². The molecule has 1 aromatic heterocycles. The topological polar surface area (TPSA) is 28.2 Å². The maximum absolute atomic E-state index is 4.58. The Morgan fingerprint density at radius 3 is 2.47 bits per heavy atom. The molecule has 0 atom stereocenters. The van der Waals surface area contributed by atoms with E-state index in [2.05, 4.69) is 49.2 Å². The van der Waals surface area contributed by atoms with E-state index in [0.29, 0.717) is 6.04 Å². The first-order valence-electron chi connectivity index (χ1n) is 6.84. The maximum atomic E-state index is 4.58. The van der Waals surface area contributed by atoms with Gasteiger partial charge in [-0.15, -0.1) is 23.7 Å². The molecular weight excluding hydrogens is 278 g/mol. The first-order valence-corrected chi connectivity index (χ1v) is 7.65. The molecule has 3 nitrogen and oxygen atoms in total. The fourth-order valence-corrected chi connectivity index (χ4v) is 3.32. The molecule has 0 aliphatic carbocycles. The van der Waals surface area contributed by atoms with Crippen LogP contribution in [-0.2, 0) is 12.0 Å². The van der Waals surface area contributed by atoms with Gasteiger partial charge in [0, 0.05) is 30.2 Å². The molecule has 1 aliphatic heterocycles. The van der Waals surface area contributed by atoms with Gasteiger partial charge >= 0.3 is 0 Å². The quantitative estimate of drug-likeness (QED) is 0.930. The molecule has 2 rings (SSSR count). The van der Waals surface area contributed by atoms with E-state index < -0.39 is 0 Å². The molecule has 1 aliphatic rings. The summed E-state index contributed by atoms with van der Waals surface area (Å²) in [6, 6.07) is 0.711. The third-order valence-corrected chi connectivity index (χ3v) is 5.06. The summed E-state index contributed by atoms with van der Waals surface area (Å²) in [7, 11) is 2.07. The van der Waals surface area contributed by atoms with Crippen molar-refractivity contribution >= 4 is 23.7 Å². The molecule has 1 fully saturated rings. The van der Waals surface area contributed by atoms with Gasteiger partial charge in [-0.25, -0.2) is 4.98 Å². The van der Waals surface area contributed by atoms with E-state index in [4.69, 9.17) is 0 Å². The number of halogens is 1. The Kier molecular flexibility index (Phi) is 6.24. The van der Waals surface area contributed by atoms with Crippen molar-refractivity contribution in [2.75, 3.05) is 20.1 Å². The summed E-state index contributed by atoms with van der Waals surface area (Å²) in [6.45, 7) is 10.2. The highest BCUT2D eigenvalue weighted by atomic mass is 35.5. The van der Waals surface area contributed by atoms with Crippen molar-refractivity contribution in [3.63, 3.8) is 0 Å². The molecule has 1 N–H and O–H groups in total. The predicted molar refractivity (Wildman–Crippen MR) is 85.4 cm³/mol. The zero-order chi connectivity index (χ0) is 13.2. The fraction of sp³-hybridized carbons (Fsp3) is 0.786. The van der Waals surface area contributed by atoms with Crippen LogP contribution in [0.15, 0.2) is 6.20 Å². The molecule has 2 heterocycles. The highest BCUT2D eigenvalue weighted by Crippen LogP contribution is 2.28. The zero-order valence-corrected chi connectivity index (χ0v) is 14.0. The molecule has 19 heavy (non-hydrogen) atoms. The summed E-state index contributed by atoms with van der Waals surface area (Å²) < 4.78 is 0. The van der Waals surface area contributed by atoms with E-state index in [1.807, 2.05) is 11.3 Å². The number of hydrogen-bond acceptors (Lipinski definition) is 4. The van der Waals surface area contributed by atoms with Crippen molar-refractivity contribution in [2.45, 2.75) is 51.6 Å². The average molecular weight is 304 g/mol. The van der Waals surface area contributed by atoms with Crippen molar-refractivity contribution in [2.24, 2.45) is 0 Å². The van der Waals surface area contributed by atoms with E-state index in [9.17, 15) is 0 Å². The van der Waals surface area contributed by atoms with Gasteiger partial charge in [0.25, 0.3) is 0 Å². The molecule has 0 spiro atoms. The van der Waals surface area contributed by atoms with E-state index in [-0.39, 0.29) is 17.8 Å². The second kappa shape index (κ2) is 7.02. The minimum absolute atomic E-state index is 0. The average Bonchev–Trinajstić information content (AvgIpc) is 2.78. The van der Waals surface area contributed by atoms with Crippen LogP contribution < -0.4 is 5.32 Å². The summed E-state index contributed by atoms with van der Waals surface area (Å²) in [5.74, 6) is 0. The van der Waals surface area contributed by atoms with Crippen molar-refractivity contribution in [1.29, 1.82) is 0 Å². The Morgan fingerprint density at radius 2 is 2.00 bits per heavy atom. The van der Waals surface area contributed by atoms with Gasteiger partial charge in [-0.3, -0.25) is 4.90 Å². The molecule has 0 aromatic carbocycles. The van der Waals surface area contributed by atoms with E-state index >= 15 is 0 Å². The van der Waals surface area contributed by atoms with Crippen LogP contribution in [0.5, 0.6) is 0 Å². The second-order valence-corrected chi connectivity index (χ2v) is 7.32. The Morgan fingerprint density at radius 1 is 1.37 bits per heavy atom. The predicted octanol–water partition coefficient (Wildman–Crippen LogP) is 3.05. The number of likely N-dealkylation sites (tertiary alicyclic amines) is 1. The van der Waals surface area contributed by atoms with Crippen LogP contribution in [0.2, 0.25) is 0 Å². The number of nitrogens with one attached hydrogen (secondary N) is 1. The minimum Gasteiger partial charge on any atom is -0.317 e. The Labute approximate surface area is 127 Å². The van der Waals surface area contributed by atoms with E-state index in [1.54, 1.807) is 0 Å². The molecule has 0 amide bonds. The largest absolute Gasteiger partial charge is 0.317 e. The van der Waals surface area contributed by atoms with Crippen LogP contribution in [0.3, 0.4) is 0 Å². The molecule has 1 saturated heterocycles. The second-order valence-electron chi connectivity index (χ2n) is 6.21. The van der Waals surface area contributed by atoms with Crippen LogP contribution in [-0.4, -0.2) is 36.1 Å². The normalized spacial score (nSPS) is 18.3. The van der Waals surface area contributed by atoms with Gasteiger partial charge in [-0.1, -0.05) is 20.8 Å². The summed E-state index contributed by atoms with van der Waals surface area (Å²) >= 11 is 1.87. The number of nitrogens with zero attached hydrogens (tertiary/aromatic N) is 2. The number of aromatic nitrogens is 1. The summed E-state index contributed by atoms with van der Waals surface area (Å²) in [6.07, 6.45) is 4.57. The Balaban J connectivity index is 0.00000180. The van der Waals surface area contributed by atoms with Gasteiger partial charge in [-0.2, -0.15) is 0 Å². The highest BCUT2D eigenvalue weighted by molar-refractivity contribution is 7.11. The van der Waals surface area contributed by atoms with Crippen LogP contribution in [0.1, 0.15) is 43.5 Å². The molecule has 0 radical (unpaired) electrons. The van der Waals surface area contributed by atoms with Crippen molar-refractivity contribution in [1.82, 2.24) is 15.2 Å². The molecule has 1 aromatic rings. The number of thiazole rings is 1. The summed E-state index contributed by atoms with van der Waals surface area (Å²) in [5.41, 5.74) is 0.231. The van der Waals surface area contributed by atoms with Gasteiger partial charge in [0.15, 0.2) is 0 Å². The van der Waals surface area contributed by atoms with Gasteiger partial charge in [0.05, 0.1) is 6.54 Å². The molecule has 0 saturated carbocycles. The Hall–Kier alpha value is -0.160. The Bertz CT molecular complexity index is 378. The van der Waals surface area contributed by atoms with E-state index in [0.717, 1.165) is 6.54 Å². The first-order chi connectivity index (χ1) is 8.49. The number of piperidine rings is 1. The van der Waals surface area contributed by atoms with Gasteiger partial charge in [0.1, 0.15) is 5.01 Å². The lowest BCUT2D eigenvalue weighted by atomic mass is 9.96. The minimum atomic E-state index is 0. The van der Waals surface area contributed by atoms with Gasteiger partial charge in [-0.05, 0) is 25.3 Å². The van der Waals surface area contributed by atoms with Crippen LogP contribution in [0.25, 0.3) is 0 Å². The lowest BCUT2D eigenvalue weighted by Crippen LogP contribution is -2.40. The number of rotatable bonds is 3. The van der Waals surface area contributed by atoms with Gasteiger partial charge in [0.2, 0.25) is 0 Å². The molecule has 0 bridgehead atoms. The van der Waals surface area contributed by atoms with Crippen molar-refractivity contribution < 1.29 is 0 Å². The lowest BCUT2D eigenvalue weighted by molar-refractivity contribution is 0.194. The standard InChI is InChI=1S/C14H25N3S.ClH/c1-14(2,3)12-9-16-13(18-12)10-17-7-5-11(15-4)6-8-17;/h9,11,15H,5-8,10H2,1-4H3;1H. The molecular formula is C14H26ClN3S. The molecule has 110 valence electrons. The number of hydrogen-bond donors (Lipinski definition) is 1. The smallest absolute Gasteiger partial charge is 0.107 e. The highest BCUT2D eigenvalue weighted by Gasteiger charge is 2.21. The maximum Gasteiger partial charge on any atom is 0.107 e. The molecule has 0 unspecified atom stereocenters. The first kappa shape index (κ1) is 16.9. The third-order valence-electron chi connectivity index (χ3n) is 3.65. The van der Waals surface area contributed by atoms with Gasteiger partial charge < -0.3 is 5.32 Å². The van der Waals surface area contributed by atoms with Crippen LogP contribution >= 0.6 is 23.7 Å². The third kappa shape index (κ3) is 4.71. The molecule has 5 heteroatoms. The van der Waals surface area contributed by atoms with Crippen LogP contribution in [0, 0.1) is 0 Å². The zero-order valence-electron chi connectivity index (χ0n) is 12.4. The monoisotopic (exact) mass is 303 g/mol. The summed E-state index contributed by atoms with van der Waals surface area (Å²) in [5, 5.41) is 4.64. The fourth-order valence-electron chi connectivity index (χ4n) is 2.30. The van der Waals surface area contributed by atoms with E-state index in [1.165, 1.54) is 35.8 Å².